The summed E-state index contributed by atoms with van der Waals surface area (Å²) >= 11 is 0. The van der Waals surface area contributed by atoms with E-state index in [1.807, 2.05) is 0 Å². The van der Waals surface area contributed by atoms with Gasteiger partial charge in [0.25, 0.3) is 0 Å². The van der Waals surface area contributed by atoms with Crippen LogP contribution >= 0.6 is 0 Å². The number of hydrogen-bond donors (Lipinski definition) is 2. The maximum Gasteiger partial charge on any atom is 0.319 e. The molecule has 20 heavy (non-hydrogen) atoms. The van der Waals surface area contributed by atoms with Gasteiger partial charge in [-0.05, 0) is 25.0 Å². The number of rotatable bonds is 3. The van der Waals surface area contributed by atoms with E-state index in [1.165, 1.54) is 10.6 Å². The highest BCUT2D eigenvalue weighted by atomic mass is 32.2. The van der Waals surface area contributed by atoms with Gasteiger partial charge in [0.05, 0.1) is 18.1 Å². The molecule has 0 saturated carbocycles. The zero-order valence-electron chi connectivity index (χ0n) is 11.2. The van der Waals surface area contributed by atoms with Crippen LogP contribution in [-0.2, 0) is 10.0 Å². The first-order valence-electron chi connectivity index (χ1n) is 6.38. The standard InChI is InChI=1S/C12H18N4O3S/c1-20(18,19)16-7-3-5-11(9-16)15-12(17)14-10-4-2-6-13-8-10/h2,4,6,8,11H,3,5,7,9H2,1H3,(H2,14,15,17). The van der Waals surface area contributed by atoms with E-state index in [1.54, 1.807) is 24.5 Å². The second-order valence-corrected chi connectivity index (χ2v) is 6.78. The van der Waals surface area contributed by atoms with Gasteiger partial charge in [0.1, 0.15) is 0 Å². The van der Waals surface area contributed by atoms with Crippen LogP contribution in [0.3, 0.4) is 0 Å². The van der Waals surface area contributed by atoms with Crippen molar-refractivity contribution in [3.8, 4) is 0 Å². The Kier molecular flexibility index (Phi) is 4.56. The maximum absolute atomic E-state index is 11.8. The van der Waals surface area contributed by atoms with Gasteiger partial charge in [-0.1, -0.05) is 0 Å². The minimum Gasteiger partial charge on any atom is -0.334 e. The Labute approximate surface area is 118 Å². The summed E-state index contributed by atoms with van der Waals surface area (Å²) < 4.78 is 24.4. The van der Waals surface area contributed by atoms with E-state index >= 15 is 0 Å². The van der Waals surface area contributed by atoms with Crippen molar-refractivity contribution in [1.29, 1.82) is 0 Å². The molecule has 2 N–H and O–H groups in total. The molecular formula is C12H18N4O3S. The van der Waals surface area contributed by atoms with Crippen molar-refractivity contribution in [2.45, 2.75) is 18.9 Å². The first kappa shape index (κ1) is 14.7. The minimum absolute atomic E-state index is 0.171. The van der Waals surface area contributed by atoms with Gasteiger partial charge in [-0.25, -0.2) is 17.5 Å². The maximum atomic E-state index is 11.8. The lowest BCUT2D eigenvalue weighted by Crippen LogP contribution is -2.50. The number of aromatic nitrogens is 1. The molecule has 1 aliphatic heterocycles. The first-order chi connectivity index (χ1) is 9.45. The molecule has 0 radical (unpaired) electrons. The Bertz CT molecular complexity index is 561. The van der Waals surface area contributed by atoms with Crippen LogP contribution in [0.4, 0.5) is 10.5 Å². The lowest BCUT2D eigenvalue weighted by molar-refractivity contribution is 0.236. The van der Waals surface area contributed by atoms with Crippen molar-refractivity contribution < 1.29 is 13.2 Å². The monoisotopic (exact) mass is 298 g/mol. The van der Waals surface area contributed by atoms with E-state index in [-0.39, 0.29) is 12.1 Å². The number of sulfonamides is 1. The van der Waals surface area contributed by atoms with Crippen LogP contribution in [0.15, 0.2) is 24.5 Å². The highest BCUT2D eigenvalue weighted by Crippen LogP contribution is 2.13. The zero-order valence-corrected chi connectivity index (χ0v) is 12.1. The number of carbonyl (C=O) groups is 1. The molecule has 0 bridgehead atoms. The van der Waals surface area contributed by atoms with Crippen molar-refractivity contribution in [2.24, 2.45) is 0 Å². The van der Waals surface area contributed by atoms with Crippen LogP contribution < -0.4 is 10.6 Å². The van der Waals surface area contributed by atoms with E-state index in [0.717, 1.165) is 12.8 Å². The number of pyridine rings is 1. The van der Waals surface area contributed by atoms with Crippen LogP contribution in [0.1, 0.15) is 12.8 Å². The van der Waals surface area contributed by atoms with Gasteiger partial charge in [-0.15, -0.1) is 0 Å². The molecule has 1 atom stereocenters. The largest absolute Gasteiger partial charge is 0.334 e. The van der Waals surface area contributed by atoms with Gasteiger partial charge in [-0.2, -0.15) is 0 Å². The summed E-state index contributed by atoms with van der Waals surface area (Å²) in [6.07, 6.45) is 5.86. The van der Waals surface area contributed by atoms with Crippen molar-refractivity contribution >= 4 is 21.7 Å². The molecular weight excluding hydrogens is 280 g/mol. The average Bonchev–Trinajstić information content (AvgIpc) is 2.39. The minimum atomic E-state index is -3.20. The second-order valence-electron chi connectivity index (χ2n) is 4.80. The number of hydrogen-bond acceptors (Lipinski definition) is 4. The Hall–Kier alpha value is -1.67. The molecule has 7 nitrogen and oxygen atoms in total. The van der Waals surface area contributed by atoms with E-state index in [2.05, 4.69) is 15.6 Å². The second kappa shape index (κ2) is 6.19. The summed E-state index contributed by atoms with van der Waals surface area (Å²) in [5, 5.41) is 5.45. The number of nitrogens with zero attached hydrogens (tertiary/aromatic N) is 2. The van der Waals surface area contributed by atoms with Crippen LogP contribution in [0.2, 0.25) is 0 Å². The molecule has 1 aliphatic rings. The van der Waals surface area contributed by atoms with Crippen LogP contribution in [0, 0.1) is 0 Å². The summed E-state index contributed by atoms with van der Waals surface area (Å²) in [5.74, 6) is 0. The topological polar surface area (TPSA) is 91.4 Å². The molecule has 8 heteroatoms. The Balaban J connectivity index is 1.88. The van der Waals surface area contributed by atoms with Gasteiger partial charge in [-0.3, -0.25) is 4.98 Å². The SMILES string of the molecule is CS(=O)(=O)N1CCCC(NC(=O)Nc2cccnc2)C1. The normalized spacial score (nSPS) is 20.4. The number of carbonyl (C=O) groups excluding carboxylic acids is 1. The van der Waals surface area contributed by atoms with E-state index < -0.39 is 10.0 Å². The van der Waals surface area contributed by atoms with Crippen molar-refractivity contribution in [1.82, 2.24) is 14.6 Å². The third-order valence-corrected chi connectivity index (χ3v) is 4.38. The Morgan fingerprint density at radius 2 is 2.30 bits per heavy atom. The summed E-state index contributed by atoms with van der Waals surface area (Å²) in [4.78, 5) is 15.7. The van der Waals surface area contributed by atoms with Gasteiger partial charge in [0.2, 0.25) is 10.0 Å². The number of anilines is 1. The van der Waals surface area contributed by atoms with Crippen molar-refractivity contribution in [2.75, 3.05) is 24.7 Å². The smallest absolute Gasteiger partial charge is 0.319 e. The third kappa shape index (κ3) is 4.17. The number of urea groups is 1. The molecule has 2 rings (SSSR count). The summed E-state index contributed by atoms with van der Waals surface area (Å²) in [5.41, 5.74) is 0.598. The quantitative estimate of drug-likeness (QED) is 0.856. The predicted octanol–water partition coefficient (Wildman–Crippen LogP) is 0.627. The van der Waals surface area contributed by atoms with Gasteiger partial charge < -0.3 is 10.6 Å². The lowest BCUT2D eigenvalue weighted by atomic mass is 10.1. The van der Waals surface area contributed by atoms with Crippen LogP contribution in [0.5, 0.6) is 0 Å². The summed E-state index contributed by atoms with van der Waals surface area (Å²) in [6.45, 7) is 0.834. The molecule has 0 spiro atoms. The Morgan fingerprint density at radius 1 is 1.50 bits per heavy atom. The van der Waals surface area contributed by atoms with Crippen molar-refractivity contribution in [3.05, 3.63) is 24.5 Å². The fourth-order valence-corrected chi connectivity index (χ4v) is 3.06. The third-order valence-electron chi connectivity index (χ3n) is 3.11. The molecule has 1 aromatic rings. The predicted molar refractivity (Wildman–Crippen MR) is 75.8 cm³/mol. The molecule has 2 heterocycles. The van der Waals surface area contributed by atoms with Gasteiger partial charge in [0.15, 0.2) is 0 Å². The molecule has 1 saturated heterocycles. The molecule has 2 amide bonds. The molecule has 1 fully saturated rings. The van der Waals surface area contributed by atoms with Gasteiger partial charge in [0, 0.05) is 25.3 Å². The fraction of sp³-hybridized carbons (Fsp3) is 0.500. The summed E-state index contributed by atoms with van der Waals surface area (Å²) in [7, 11) is -3.20. The molecule has 0 aliphatic carbocycles. The van der Waals surface area contributed by atoms with Gasteiger partial charge >= 0.3 is 6.03 Å². The number of nitrogens with one attached hydrogen (secondary N) is 2. The van der Waals surface area contributed by atoms with Crippen LogP contribution in [0.25, 0.3) is 0 Å². The molecule has 1 unspecified atom stereocenters. The Morgan fingerprint density at radius 3 is 2.95 bits per heavy atom. The van der Waals surface area contributed by atoms with Crippen molar-refractivity contribution in [3.63, 3.8) is 0 Å². The van der Waals surface area contributed by atoms with E-state index in [4.69, 9.17) is 0 Å². The highest BCUT2D eigenvalue weighted by molar-refractivity contribution is 7.88. The lowest BCUT2D eigenvalue weighted by Gasteiger charge is -2.31. The first-order valence-corrected chi connectivity index (χ1v) is 8.22. The number of piperidine rings is 1. The number of amides is 2. The molecule has 110 valence electrons. The van der Waals surface area contributed by atoms with E-state index in [9.17, 15) is 13.2 Å². The van der Waals surface area contributed by atoms with Crippen LogP contribution in [-0.4, -0.2) is 49.1 Å². The molecule has 0 aromatic carbocycles. The molecule has 1 aromatic heterocycles. The average molecular weight is 298 g/mol. The highest BCUT2D eigenvalue weighted by Gasteiger charge is 2.26. The summed E-state index contributed by atoms with van der Waals surface area (Å²) in [6, 6.07) is 2.94. The zero-order chi connectivity index (χ0) is 14.6. The van der Waals surface area contributed by atoms with E-state index in [0.29, 0.717) is 18.8 Å². The fourth-order valence-electron chi connectivity index (χ4n) is 2.15.